The largest absolute Gasteiger partial charge is 0.489 e. The molecule has 0 saturated carbocycles. The van der Waals surface area contributed by atoms with Crippen molar-refractivity contribution >= 4 is 11.7 Å². The maximum atomic E-state index is 14.0. The number of aryl methyl sites for hydroxylation is 2. The lowest BCUT2D eigenvalue weighted by Crippen LogP contribution is -2.25. The molecule has 0 spiro atoms. The van der Waals surface area contributed by atoms with Gasteiger partial charge in [0.05, 0.1) is 5.69 Å². The Balaban J connectivity index is 2.17. The number of hydrogen-bond acceptors (Lipinski definition) is 2. The third-order valence-electron chi connectivity index (χ3n) is 3.60. The molecule has 0 fully saturated rings. The molecule has 0 radical (unpaired) electrons. The van der Waals surface area contributed by atoms with Crippen LogP contribution in [0.4, 0.5) is 14.9 Å². The van der Waals surface area contributed by atoms with Crippen molar-refractivity contribution in [3.05, 3.63) is 58.9 Å². The summed E-state index contributed by atoms with van der Waals surface area (Å²) in [6, 6.07) is 10.2. The molecule has 0 aliphatic carbocycles. The molecule has 2 rings (SSSR count). The van der Waals surface area contributed by atoms with Gasteiger partial charge in [-0.15, -0.1) is 0 Å². The highest BCUT2D eigenvalue weighted by Gasteiger charge is 2.12. The van der Waals surface area contributed by atoms with Crippen molar-refractivity contribution in [2.75, 3.05) is 12.4 Å². The Morgan fingerprint density at radius 1 is 1.26 bits per heavy atom. The number of ether oxygens (including phenoxy) is 1. The SMILES string of the molecule is CCc1ccc(OCc2cccc(F)c2NC(=O)NC)c(C)c1. The zero-order valence-electron chi connectivity index (χ0n) is 13.6. The highest BCUT2D eigenvalue weighted by atomic mass is 19.1. The van der Waals surface area contributed by atoms with Crippen molar-refractivity contribution in [3.63, 3.8) is 0 Å². The first-order chi connectivity index (χ1) is 11.0. The molecule has 23 heavy (non-hydrogen) atoms. The first-order valence-corrected chi connectivity index (χ1v) is 7.53. The lowest BCUT2D eigenvalue weighted by Gasteiger charge is -2.14. The third kappa shape index (κ3) is 4.22. The normalized spacial score (nSPS) is 10.3. The number of halogens is 1. The molecule has 4 nitrogen and oxygen atoms in total. The molecule has 0 heterocycles. The van der Waals surface area contributed by atoms with Gasteiger partial charge in [0.1, 0.15) is 18.2 Å². The van der Waals surface area contributed by atoms with E-state index in [1.54, 1.807) is 12.1 Å². The van der Waals surface area contributed by atoms with E-state index >= 15 is 0 Å². The van der Waals surface area contributed by atoms with Crippen LogP contribution in [0.1, 0.15) is 23.6 Å². The van der Waals surface area contributed by atoms with E-state index < -0.39 is 11.8 Å². The molecule has 5 heteroatoms. The predicted octanol–water partition coefficient (Wildman–Crippen LogP) is 4.03. The Labute approximate surface area is 135 Å². The molecule has 2 aromatic carbocycles. The highest BCUT2D eigenvalue weighted by Crippen LogP contribution is 2.24. The van der Waals surface area contributed by atoms with Crippen LogP contribution in [0.3, 0.4) is 0 Å². The van der Waals surface area contributed by atoms with Gasteiger partial charge in [-0.1, -0.05) is 31.2 Å². The number of hydrogen-bond donors (Lipinski definition) is 2. The lowest BCUT2D eigenvalue weighted by atomic mass is 10.1. The first-order valence-electron chi connectivity index (χ1n) is 7.53. The monoisotopic (exact) mass is 316 g/mol. The smallest absolute Gasteiger partial charge is 0.319 e. The fourth-order valence-electron chi connectivity index (χ4n) is 2.25. The van der Waals surface area contributed by atoms with E-state index in [0.29, 0.717) is 5.56 Å². The second-order valence-electron chi connectivity index (χ2n) is 5.22. The summed E-state index contributed by atoms with van der Waals surface area (Å²) >= 11 is 0. The van der Waals surface area contributed by atoms with E-state index in [4.69, 9.17) is 4.74 Å². The number of amides is 2. The van der Waals surface area contributed by atoms with Gasteiger partial charge in [-0.2, -0.15) is 0 Å². The third-order valence-corrected chi connectivity index (χ3v) is 3.60. The van der Waals surface area contributed by atoms with E-state index in [-0.39, 0.29) is 12.3 Å². The Bertz CT molecular complexity index is 701. The van der Waals surface area contributed by atoms with Crippen LogP contribution in [0.15, 0.2) is 36.4 Å². The number of benzene rings is 2. The molecule has 0 aliphatic heterocycles. The minimum absolute atomic E-state index is 0.134. The molecule has 0 aromatic heterocycles. The van der Waals surface area contributed by atoms with E-state index in [1.165, 1.54) is 18.7 Å². The molecule has 0 saturated heterocycles. The van der Waals surface area contributed by atoms with Crippen LogP contribution in [0.2, 0.25) is 0 Å². The zero-order chi connectivity index (χ0) is 16.8. The lowest BCUT2D eigenvalue weighted by molar-refractivity contribution is 0.253. The van der Waals surface area contributed by atoms with Gasteiger partial charge in [-0.3, -0.25) is 0 Å². The van der Waals surface area contributed by atoms with E-state index in [1.807, 2.05) is 19.1 Å². The average molecular weight is 316 g/mol. The predicted molar refractivity (Wildman–Crippen MR) is 89.4 cm³/mol. The van der Waals surface area contributed by atoms with Gasteiger partial charge in [0.15, 0.2) is 0 Å². The van der Waals surface area contributed by atoms with Gasteiger partial charge in [-0.05, 0) is 36.6 Å². The van der Waals surface area contributed by atoms with Crippen molar-refractivity contribution in [2.24, 2.45) is 0 Å². The molecular formula is C18H21FN2O2. The summed E-state index contributed by atoms with van der Waals surface area (Å²) < 4.78 is 19.7. The van der Waals surface area contributed by atoms with Gasteiger partial charge in [0.2, 0.25) is 0 Å². The molecule has 0 unspecified atom stereocenters. The van der Waals surface area contributed by atoms with Crippen molar-refractivity contribution in [1.82, 2.24) is 5.32 Å². The second-order valence-corrected chi connectivity index (χ2v) is 5.22. The summed E-state index contributed by atoms with van der Waals surface area (Å²) in [5, 5.41) is 4.90. The van der Waals surface area contributed by atoms with Gasteiger partial charge < -0.3 is 15.4 Å². The van der Waals surface area contributed by atoms with Gasteiger partial charge in [0, 0.05) is 12.6 Å². The number of nitrogens with one attached hydrogen (secondary N) is 2. The number of carbonyl (C=O) groups excluding carboxylic acids is 1. The average Bonchev–Trinajstić information content (AvgIpc) is 2.56. The molecule has 2 aromatic rings. The summed E-state index contributed by atoms with van der Waals surface area (Å²) in [6.07, 6.45) is 0.964. The maximum Gasteiger partial charge on any atom is 0.319 e. The first kappa shape index (κ1) is 16.8. The topological polar surface area (TPSA) is 50.4 Å². The number of carbonyl (C=O) groups is 1. The highest BCUT2D eigenvalue weighted by molar-refractivity contribution is 5.90. The van der Waals surface area contributed by atoms with Crippen LogP contribution >= 0.6 is 0 Å². The van der Waals surface area contributed by atoms with Gasteiger partial charge in [0.25, 0.3) is 0 Å². The number of rotatable bonds is 5. The van der Waals surface area contributed by atoms with Crippen LogP contribution in [-0.4, -0.2) is 13.1 Å². The summed E-state index contributed by atoms with van der Waals surface area (Å²) in [5.74, 6) is 0.255. The Morgan fingerprint density at radius 2 is 2.04 bits per heavy atom. The molecule has 2 amide bonds. The van der Waals surface area contributed by atoms with Crippen molar-refractivity contribution < 1.29 is 13.9 Å². The fraction of sp³-hybridized carbons (Fsp3) is 0.278. The molecular weight excluding hydrogens is 295 g/mol. The van der Waals surface area contributed by atoms with Crippen molar-refractivity contribution in [2.45, 2.75) is 26.9 Å². The minimum Gasteiger partial charge on any atom is -0.489 e. The molecule has 0 aliphatic rings. The van der Waals surface area contributed by atoms with Crippen LogP contribution in [-0.2, 0) is 13.0 Å². The van der Waals surface area contributed by atoms with Crippen LogP contribution in [0.25, 0.3) is 0 Å². The van der Waals surface area contributed by atoms with E-state index in [9.17, 15) is 9.18 Å². The second kappa shape index (κ2) is 7.63. The number of urea groups is 1. The number of anilines is 1. The minimum atomic E-state index is -0.493. The summed E-state index contributed by atoms with van der Waals surface area (Å²) in [7, 11) is 1.48. The quantitative estimate of drug-likeness (QED) is 0.875. The molecule has 0 atom stereocenters. The number of para-hydroxylation sites is 1. The Kier molecular flexibility index (Phi) is 5.57. The van der Waals surface area contributed by atoms with Crippen LogP contribution in [0.5, 0.6) is 5.75 Å². The summed E-state index contributed by atoms with van der Waals surface area (Å²) in [4.78, 5) is 11.5. The zero-order valence-corrected chi connectivity index (χ0v) is 13.6. The van der Waals surface area contributed by atoms with Gasteiger partial charge in [-0.25, -0.2) is 9.18 Å². The molecule has 0 bridgehead atoms. The summed E-state index contributed by atoms with van der Waals surface area (Å²) in [5.41, 5.74) is 2.98. The van der Waals surface area contributed by atoms with Gasteiger partial charge >= 0.3 is 6.03 Å². The Morgan fingerprint density at radius 3 is 2.70 bits per heavy atom. The maximum absolute atomic E-state index is 14.0. The van der Waals surface area contributed by atoms with Crippen molar-refractivity contribution in [3.8, 4) is 5.75 Å². The van der Waals surface area contributed by atoms with Crippen LogP contribution in [0, 0.1) is 12.7 Å². The Hall–Kier alpha value is -2.56. The van der Waals surface area contributed by atoms with E-state index in [0.717, 1.165) is 17.7 Å². The molecule has 2 N–H and O–H groups in total. The molecule has 122 valence electrons. The van der Waals surface area contributed by atoms with E-state index in [2.05, 4.69) is 23.6 Å². The summed E-state index contributed by atoms with van der Waals surface area (Å²) in [6.45, 7) is 4.24. The van der Waals surface area contributed by atoms with Crippen LogP contribution < -0.4 is 15.4 Å². The fourth-order valence-corrected chi connectivity index (χ4v) is 2.25. The van der Waals surface area contributed by atoms with Crippen molar-refractivity contribution in [1.29, 1.82) is 0 Å². The standard InChI is InChI=1S/C18H21FN2O2/c1-4-13-8-9-16(12(2)10-13)23-11-14-6-5-7-15(19)17(14)21-18(22)20-3/h5-10H,4,11H2,1-3H3,(H2,20,21,22).